The van der Waals surface area contributed by atoms with Gasteiger partial charge < -0.3 is 11.1 Å². The lowest BCUT2D eigenvalue weighted by atomic mass is 9.82. The van der Waals surface area contributed by atoms with Crippen molar-refractivity contribution in [2.75, 3.05) is 12.3 Å². The molecule has 1 unspecified atom stereocenters. The van der Waals surface area contributed by atoms with Crippen LogP contribution in [0.1, 0.15) is 44.9 Å². The van der Waals surface area contributed by atoms with Crippen molar-refractivity contribution in [1.29, 1.82) is 0 Å². The van der Waals surface area contributed by atoms with Crippen LogP contribution >= 0.6 is 24.2 Å². The van der Waals surface area contributed by atoms with Gasteiger partial charge in [0.15, 0.2) is 0 Å². The molecule has 100 valence electrons. The van der Waals surface area contributed by atoms with Crippen molar-refractivity contribution in [2.45, 2.75) is 55.7 Å². The van der Waals surface area contributed by atoms with E-state index >= 15 is 0 Å². The molecule has 0 bridgehead atoms. The molecular weight excluding hydrogens is 256 g/mol. The topological polar surface area (TPSA) is 55.1 Å². The molecule has 1 saturated heterocycles. The van der Waals surface area contributed by atoms with Gasteiger partial charge >= 0.3 is 0 Å². The molecule has 2 aliphatic rings. The monoisotopic (exact) mass is 278 g/mol. The van der Waals surface area contributed by atoms with Gasteiger partial charge in [-0.05, 0) is 31.4 Å². The van der Waals surface area contributed by atoms with Crippen molar-refractivity contribution in [3.63, 3.8) is 0 Å². The molecular formula is C12H23ClN2OS. The first kappa shape index (κ1) is 15.1. The summed E-state index contributed by atoms with van der Waals surface area (Å²) in [6, 6.07) is 0. The zero-order valence-electron chi connectivity index (χ0n) is 10.2. The van der Waals surface area contributed by atoms with Gasteiger partial charge in [0.2, 0.25) is 5.91 Å². The first-order valence-electron chi connectivity index (χ1n) is 6.38. The fraction of sp³-hybridized carbons (Fsp3) is 0.917. The highest BCUT2D eigenvalue weighted by Gasteiger charge is 2.29. The van der Waals surface area contributed by atoms with Crippen molar-refractivity contribution < 1.29 is 4.79 Å². The Bertz CT molecular complexity index is 251. The Balaban J connectivity index is 0.00000144. The molecule has 1 amide bonds. The number of halogens is 1. The van der Waals surface area contributed by atoms with Gasteiger partial charge in [0.05, 0.1) is 5.25 Å². The fourth-order valence-corrected chi connectivity index (χ4v) is 3.78. The van der Waals surface area contributed by atoms with E-state index in [1.807, 2.05) is 0 Å². The summed E-state index contributed by atoms with van der Waals surface area (Å²) in [6.45, 7) is 0.670. The highest BCUT2D eigenvalue weighted by Crippen LogP contribution is 2.27. The predicted octanol–water partition coefficient (Wildman–Crippen LogP) is 2.08. The Morgan fingerprint density at radius 2 is 2.00 bits per heavy atom. The summed E-state index contributed by atoms with van der Waals surface area (Å²) < 4.78 is 0. The molecule has 1 aliphatic heterocycles. The lowest BCUT2D eigenvalue weighted by molar-refractivity contribution is -0.120. The van der Waals surface area contributed by atoms with E-state index in [-0.39, 0.29) is 29.1 Å². The summed E-state index contributed by atoms with van der Waals surface area (Å²) in [7, 11) is 0. The van der Waals surface area contributed by atoms with Gasteiger partial charge in [0, 0.05) is 12.1 Å². The summed E-state index contributed by atoms with van der Waals surface area (Å²) in [5.41, 5.74) is 6.16. The predicted molar refractivity (Wildman–Crippen MR) is 75.7 cm³/mol. The van der Waals surface area contributed by atoms with Crippen molar-refractivity contribution >= 4 is 30.1 Å². The van der Waals surface area contributed by atoms with E-state index in [9.17, 15) is 4.79 Å². The second kappa shape index (κ2) is 6.86. The summed E-state index contributed by atoms with van der Waals surface area (Å²) in [5.74, 6) is 1.34. The first-order valence-corrected chi connectivity index (χ1v) is 7.43. The van der Waals surface area contributed by atoms with E-state index < -0.39 is 0 Å². The number of amides is 1. The zero-order chi connectivity index (χ0) is 11.4. The quantitative estimate of drug-likeness (QED) is 0.831. The Kier molecular flexibility index (Phi) is 6.10. The van der Waals surface area contributed by atoms with E-state index in [1.54, 1.807) is 11.8 Å². The maximum absolute atomic E-state index is 11.8. The summed E-state index contributed by atoms with van der Waals surface area (Å²) >= 11 is 1.78. The Morgan fingerprint density at radius 1 is 1.29 bits per heavy atom. The molecule has 0 aromatic heterocycles. The molecule has 17 heavy (non-hydrogen) atoms. The Labute approximate surface area is 114 Å². The van der Waals surface area contributed by atoms with E-state index in [2.05, 4.69) is 5.32 Å². The van der Waals surface area contributed by atoms with Gasteiger partial charge in [-0.15, -0.1) is 24.2 Å². The largest absolute Gasteiger partial charge is 0.353 e. The normalized spacial score (nSPS) is 27.2. The van der Waals surface area contributed by atoms with E-state index in [0.717, 1.165) is 25.0 Å². The third-order valence-corrected chi connectivity index (χ3v) is 5.06. The highest BCUT2D eigenvalue weighted by molar-refractivity contribution is 8.00. The number of nitrogens with two attached hydrogens (primary N) is 1. The van der Waals surface area contributed by atoms with Crippen LogP contribution in [-0.4, -0.2) is 29.0 Å². The third kappa shape index (κ3) is 4.34. The first-order chi connectivity index (χ1) is 7.70. The molecule has 1 saturated carbocycles. The molecule has 2 fully saturated rings. The van der Waals surface area contributed by atoms with Crippen LogP contribution in [0.2, 0.25) is 0 Å². The molecule has 1 heterocycles. The zero-order valence-corrected chi connectivity index (χ0v) is 11.9. The molecule has 0 radical (unpaired) electrons. The maximum atomic E-state index is 11.8. The van der Waals surface area contributed by atoms with Gasteiger partial charge in [-0.1, -0.05) is 19.3 Å². The van der Waals surface area contributed by atoms with Crippen LogP contribution in [0.5, 0.6) is 0 Å². The molecule has 0 spiro atoms. The van der Waals surface area contributed by atoms with Crippen molar-refractivity contribution in [3.8, 4) is 0 Å². The van der Waals surface area contributed by atoms with Crippen LogP contribution in [0, 0.1) is 0 Å². The molecule has 3 N–H and O–H groups in total. The smallest absolute Gasteiger partial charge is 0.233 e. The molecule has 0 aromatic rings. The summed E-state index contributed by atoms with van der Waals surface area (Å²) in [5, 5.41) is 3.24. The minimum Gasteiger partial charge on any atom is -0.353 e. The molecule has 1 aliphatic carbocycles. The van der Waals surface area contributed by atoms with Gasteiger partial charge in [-0.25, -0.2) is 0 Å². The summed E-state index contributed by atoms with van der Waals surface area (Å²) in [4.78, 5) is 11.8. The molecule has 2 rings (SSSR count). The van der Waals surface area contributed by atoms with Crippen LogP contribution in [0.25, 0.3) is 0 Å². The Hall–Kier alpha value is 0.0700. The second-order valence-electron chi connectivity index (χ2n) is 5.14. The second-order valence-corrected chi connectivity index (χ2v) is 6.45. The van der Waals surface area contributed by atoms with Gasteiger partial charge in [0.25, 0.3) is 0 Å². The van der Waals surface area contributed by atoms with E-state index in [0.29, 0.717) is 6.54 Å². The molecule has 0 aromatic carbocycles. The van der Waals surface area contributed by atoms with Crippen LogP contribution in [0.3, 0.4) is 0 Å². The van der Waals surface area contributed by atoms with Crippen molar-refractivity contribution in [2.24, 2.45) is 5.73 Å². The van der Waals surface area contributed by atoms with Crippen molar-refractivity contribution in [1.82, 2.24) is 5.32 Å². The number of carbonyl (C=O) groups is 1. The van der Waals surface area contributed by atoms with Crippen LogP contribution < -0.4 is 11.1 Å². The summed E-state index contributed by atoms with van der Waals surface area (Å²) in [6.07, 6.45) is 8.06. The Morgan fingerprint density at radius 3 is 2.59 bits per heavy atom. The van der Waals surface area contributed by atoms with Gasteiger partial charge in [-0.3, -0.25) is 4.79 Å². The number of hydrogen-bond acceptors (Lipinski definition) is 3. The minimum atomic E-state index is -0.128. The number of thioether (sulfide) groups is 1. The lowest BCUT2D eigenvalue weighted by Crippen LogP contribution is -2.52. The minimum absolute atomic E-state index is 0. The lowest BCUT2D eigenvalue weighted by Gasteiger charge is -2.33. The van der Waals surface area contributed by atoms with Crippen LogP contribution in [-0.2, 0) is 4.79 Å². The fourth-order valence-electron chi connectivity index (χ4n) is 2.59. The average molecular weight is 279 g/mol. The highest BCUT2D eigenvalue weighted by atomic mass is 35.5. The standard InChI is InChI=1S/C12H22N2OS.ClH/c13-12(6-2-1-3-7-12)9-14-11(15)10-5-4-8-16-10;/h10H,1-9,13H2,(H,14,15);1H. The van der Waals surface area contributed by atoms with E-state index in [1.165, 1.54) is 25.7 Å². The molecule has 3 nitrogen and oxygen atoms in total. The molecule has 1 atom stereocenters. The average Bonchev–Trinajstić information content (AvgIpc) is 2.80. The SMILES string of the molecule is Cl.NC1(CNC(=O)C2CCCS2)CCCCC1. The third-order valence-electron chi connectivity index (χ3n) is 3.69. The number of carbonyl (C=O) groups excluding carboxylic acids is 1. The van der Waals surface area contributed by atoms with Gasteiger partial charge in [-0.2, -0.15) is 0 Å². The number of nitrogens with one attached hydrogen (secondary N) is 1. The molecule has 5 heteroatoms. The van der Waals surface area contributed by atoms with Crippen LogP contribution in [0.15, 0.2) is 0 Å². The maximum Gasteiger partial charge on any atom is 0.233 e. The number of hydrogen-bond donors (Lipinski definition) is 2. The van der Waals surface area contributed by atoms with E-state index in [4.69, 9.17) is 5.73 Å². The van der Waals surface area contributed by atoms with Gasteiger partial charge in [0.1, 0.15) is 0 Å². The number of rotatable bonds is 3. The van der Waals surface area contributed by atoms with Crippen molar-refractivity contribution in [3.05, 3.63) is 0 Å². The van der Waals surface area contributed by atoms with Crippen LogP contribution in [0.4, 0.5) is 0 Å².